The lowest BCUT2D eigenvalue weighted by atomic mass is 9.99. The second kappa shape index (κ2) is 4.59. The summed E-state index contributed by atoms with van der Waals surface area (Å²) in [5.74, 6) is 3.14. The molecule has 0 atom stereocenters. The minimum absolute atomic E-state index is 0.00569. The highest BCUT2D eigenvalue weighted by molar-refractivity contribution is 6.15. The molecule has 0 aromatic heterocycles. The van der Waals surface area contributed by atoms with E-state index < -0.39 is 0 Å². The number of hydrogen-bond acceptors (Lipinski definition) is 3. The molecule has 0 spiro atoms. The van der Waals surface area contributed by atoms with E-state index in [2.05, 4.69) is 32.7 Å². The van der Waals surface area contributed by atoms with Gasteiger partial charge in [0.05, 0.1) is 20.0 Å². The first-order valence-corrected chi connectivity index (χ1v) is 5.14. The normalized spacial score (nSPS) is 20.5. The van der Waals surface area contributed by atoms with Crippen molar-refractivity contribution in [3.8, 4) is 12.0 Å². The van der Waals surface area contributed by atoms with Crippen LogP contribution in [0.2, 0.25) is 0 Å². The zero-order chi connectivity index (χ0) is 10.8. The van der Waals surface area contributed by atoms with Gasteiger partial charge in [-0.2, -0.15) is 8.84 Å². The van der Waals surface area contributed by atoms with Crippen LogP contribution in [0.25, 0.3) is 0 Å². The second-order valence-corrected chi connectivity index (χ2v) is 5.33. The van der Waals surface area contributed by atoms with Gasteiger partial charge in [-0.25, -0.2) is 0 Å². The van der Waals surface area contributed by atoms with Gasteiger partial charge in [-0.05, 0) is 44.3 Å². The molecule has 0 amide bonds. The van der Waals surface area contributed by atoms with Crippen molar-refractivity contribution in [2.24, 2.45) is 5.41 Å². The maximum absolute atomic E-state index is 5.85. The Hall–Kier alpha value is -0.140. The third-order valence-electron chi connectivity index (χ3n) is 1.54. The van der Waals surface area contributed by atoms with Crippen LogP contribution in [0.15, 0.2) is 0 Å². The zero-order valence-corrected chi connectivity index (χ0v) is 10.2. The average molecular weight is 236 g/mol. The van der Waals surface area contributed by atoms with E-state index in [1.165, 1.54) is 0 Å². The Kier molecular flexibility index (Phi) is 3.91. The van der Waals surface area contributed by atoms with Crippen LogP contribution in [-0.4, -0.2) is 33.7 Å². The summed E-state index contributed by atoms with van der Waals surface area (Å²) < 4.78 is 3.18. The molecule has 1 saturated heterocycles. The molecular weight excluding hydrogens is 221 g/mol. The molecule has 1 heterocycles. The van der Waals surface area contributed by atoms with E-state index in [0.29, 0.717) is 20.0 Å². The van der Waals surface area contributed by atoms with Crippen molar-refractivity contribution in [2.75, 3.05) is 20.0 Å². The molecule has 3 nitrogen and oxygen atoms in total. The quantitative estimate of drug-likeness (QED) is 0.471. The van der Waals surface area contributed by atoms with Gasteiger partial charge in [-0.15, -0.1) is 0 Å². The van der Waals surface area contributed by atoms with Crippen LogP contribution in [0.3, 0.4) is 0 Å². The van der Waals surface area contributed by atoms with Gasteiger partial charge in [0.1, 0.15) is 0 Å². The molecule has 80 valence electrons. The molecule has 0 unspecified atom stereocenters. The van der Waals surface area contributed by atoms with Gasteiger partial charge in [0.2, 0.25) is 0 Å². The van der Waals surface area contributed by atoms with Crippen molar-refractivity contribution in [3.05, 3.63) is 0 Å². The first-order chi connectivity index (χ1) is 6.37. The van der Waals surface area contributed by atoms with Crippen molar-refractivity contribution in [1.82, 2.24) is 13.7 Å². The van der Waals surface area contributed by atoms with Crippen molar-refractivity contribution >= 4 is 23.6 Å². The van der Waals surface area contributed by atoms with Crippen LogP contribution >= 0.6 is 23.6 Å². The van der Waals surface area contributed by atoms with E-state index in [0.717, 1.165) is 0 Å². The summed E-state index contributed by atoms with van der Waals surface area (Å²) in [6, 6.07) is 3.05. The predicted molar refractivity (Wildman–Crippen MR) is 59.1 cm³/mol. The number of rotatable bonds is 0. The predicted octanol–water partition coefficient (Wildman–Crippen LogP) is 2.09. The molecule has 0 bridgehead atoms. The van der Waals surface area contributed by atoms with E-state index in [9.17, 15) is 0 Å². The maximum atomic E-state index is 5.85. The van der Waals surface area contributed by atoms with Crippen molar-refractivity contribution in [3.63, 3.8) is 0 Å². The highest BCUT2D eigenvalue weighted by Crippen LogP contribution is 2.13. The Morgan fingerprint density at radius 1 is 1.00 bits per heavy atom. The fourth-order valence-electron chi connectivity index (χ4n) is 0.989. The Morgan fingerprint density at radius 2 is 1.50 bits per heavy atom. The van der Waals surface area contributed by atoms with Crippen LogP contribution in [0.4, 0.5) is 0 Å². The zero-order valence-electron chi connectivity index (χ0n) is 8.72. The van der Waals surface area contributed by atoms with E-state index in [4.69, 9.17) is 23.6 Å². The molecule has 0 radical (unpaired) electrons. The van der Waals surface area contributed by atoms with Gasteiger partial charge in [-0.3, -0.25) is 0 Å². The number of nitrogens with zero attached hydrogens (tertiary/aromatic N) is 3. The number of hydrogen-bond donors (Lipinski definition) is 0. The summed E-state index contributed by atoms with van der Waals surface area (Å²) in [7, 11) is 0. The van der Waals surface area contributed by atoms with Crippen molar-refractivity contribution < 1.29 is 0 Å². The smallest absolute Gasteiger partial charge is 0.0953 e. The molecule has 5 heteroatoms. The van der Waals surface area contributed by atoms with Gasteiger partial charge in [0.25, 0.3) is 0 Å². The Morgan fingerprint density at radius 3 is 1.93 bits per heavy atom. The van der Waals surface area contributed by atoms with Crippen LogP contribution in [0, 0.1) is 17.4 Å². The third kappa shape index (κ3) is 4.39. The molecule has 0 aliphatic carbocycles. The lowest BCUT2D eigenvalue weighted by Gasteiger charge is -2.33. The molecule has 0 saturated carbocycles. The topological polar surface area (TPSA) is 9.72 Å². The largest absolute Gasteiger partial charge is 0.302 e. The lowest BCUT2D eigenvalue weighted by molar-refractivity contribution is 0.115. The Bertz CT molecular complexity index is 241. The molecule has 14 heavy (non-hydrogen) atoms. The average Bonchev–Trinajstić information content (AvgIpc) is 1.97. The van der Waals surface area contributed by atoms with Crippen LogP contribution < -0.4 is 0 Å². The first kappa shape index (κ1) is 11.9. The molecule has 0 aromatic rings. The summed E-state index contributed by atoms with van der Waals surface area (Å²) in [5, 5.41) is 0. The molecule has 1 aliphatic heterocycles. The van der Waals surface area contributed by atoms with Crippen molar-refractivity contribution in [1.29, 1.82) is 0 Å². The fourth-order valence-corrected chi connectivity index (χ4v) is 1.56. The van der Waals surface area contributed by atoms with Crippen LogP contribution in [-0.2, 0) is 0 Å². The second-order valence-electron chi connectivity index (χ2n) is 4.38. The van der Waals surface area contributed by atoms with E-state index >= 15 is 0 Å². The van der Waals surface area contributed by atoms with Crippen LogP contribution in [0.1, 0.15) is 20.8 Å². The molecule has 0 aromatic carbocycles. The molecule has 1 fully saturated rings. The standard InChI is InChI=1S/C9H15Cl2N3/c1-9(2,3)4-5-12-6-13(10)8-14(11)7-12/h6-8H2,1-3H3. The number of halogens is 2. The van der Waals surface area contributed by atoms with Crippen molar-refractivity contribution in [2.45, 2.75) is 20.8 Å². The summed E-state index contributed by atoms with van der Waals surface area (Å²) in [4.78, 5) is 1.88. The summed E-state index contributed by atoms with van der Waals surface area (Å²) in [5.41, 5.74) is 0.00569. The fraction of sp³-hybridized carbons (Fsp3) is 0.778. The summed E-state index contributed by atoms with van der Waals surface area (Å²) in [6.45, 7) is 8.00. The van der Waals surface area contributed by atoms with Gasteiger partial charge in [0.15, 0.2) is 0 Å². The summed E-state index contributed by atoms with van der Waals surface area (Å²) in [6.07, 6.45) is 0. The van der Waals surface area contributed by atoms with Gasteiger partial charge < -0.3 is 4.90 Å². The van der Waals surface area contributed by atoms with Gasteiger partial charge >= 0.3 is 0 Å². The van der Waals surface area contributed by atoms with Gasteiger partial charge in [-0.1, -0.05) is 5.92 Å². The first-order valence-electron chi connectivity index (χ1n) is 4.46. The maximum Gasteiger partial charge on any atom is 0.0953 e. The van der Waals surface area contributed by atoms with E-state index in [1.54, 1.807) is 8.84 Å². The molecule has 0 N–H and O–H groups in total. The van der Waals surface area contributed by atoms with E-state index in [-0.39, 0.29) is 5.41 Å². The Labute approximate surface area is 95.8 Å². The highest BCUT2D eigenvalue weighted by atomic mass is 35.5. The molecule has 1 aliphatic rings. The summed E-state index contributed by atoms with van der Waals surface area (Å²) >= 11 is 11.7. The van der Waals surface area contributed by atoms with Crippen LogP contribution in [0.5, 0.6) is 0 Å². The lowest BCUT2D eigenvalue weighted by Crippen LogP contribution is -2.45. The Balaban J connectivity index is 2.55. The van der Waals surface area contributed by atoms with Gasteiger partial charge in [0, 0.05) is 11.5 Å². The molecule has 1 rings (SSSR count). The SMILES string of the molecule is CC(C)(C)C#CN1CN(Cl)CN(Cl)C1. The highest BCUT2D eigenvalue weighted by Gasteiger charge is 2.19. The van der Waals surface area contributed by atoms with E-state index in [1.807, 2.05) is 4.90 Å². The monoisotopic (exact) mass is 235 g/mol. The minimum Gasteiger partial charge on any atom is -0.302 e. The minimum atomic E-state index is 0.00569. The molecular formula is C9H15Cl2N3. The third-order valence-corrected chi connectivity index (χ3v) is 1.97.